The average molecular weight is 265 g/mol. The number of rotatable bonds is 2. The normalized spacial score (nSPS) is 10.3. The summed E-state index contributed by atoms with van der Waals surface area (Å²) in [4.78, 5) is 18.0. The minimum atomic E-state index is -0.0590. The van der Waals surface area contributed by atoms with Gasteiger partial charge >= 0.3 is 0 Å². The first-order chi connectivity index (χ1) is 7.16. The van der Waals surface area contributed by atoms with Gasteiger partial charge in [0.1, 0.15) is 0 Å². The molecule has 1 N–H and O–H groups in total. The minimum Gasteiger partial charge on any atom is -0.336 e. The largest absolute Gasteiger partial charge is 0.336 e. The lowest BCUT2D eigenvalue weighted by Crippen LogP contribution is -1.93. The molecule has 2 rings (SSSR count). The fourth-order valence-electron chi connectivity index (χ4n) is 1.30. The second-order valence-electron chi connectivity index (χ2n) is 3.21. The van der Waals surface area contributed by atoms with Gasteiger partial charge in [0.25, 0.3) is 0 Å². The molecule has 2 aromatic rings. The summed E-state index contributed by atoms with van der Waals surface area (Å²) in [7, 11) is 0. The number of Topliss-reactive ketones (excluding diaryl/α,β-unsaturated/α-hetero) is 1. The van der Waals surface area contributed by atoms with Gasteiger partial charge in [-0.25, -0.2) is 4.98 Å². The Balaban J connectivity index is 2.41. The molecule has 4 heteroatoms. The fraction of sp³-hybridized carbons (Fsp3) is 0.0909. The summed E-state index contributed by atoms with van der Waals surface area (Å²) >= 11 is 3.39. The summed E-state index contributed by atoms with van der Waals surface area (Å²) in [5, 5.41) is 0. The van der Waals surface area contributed by atoms with Crippen molar-refractivity contribution < 1.29 is 4.79 Å². The smallest absolute Gasteiger partial charge is 0.194 e. The summed E-state index contributed by atoms with van der Waals surface area (Å²) in [5.74, 6) is 0.334. The second kappa shape index (κ2) is 3.98. The van der Waals surface area contributed by atoms with Gasteiger partial charge in [-0.1, -0.05) is 28.1 Å². The molecule has 0 aliphatic carbocycles. The highest BCUT2D eigenvalue weighted by molar-refractivity contribution is 9.10. The van der Waals surface area contributed by atoms with Crippen LogP contribution in [0.25, 0.3) is 11.3 Å². The lowest BCUT2D eigenvalue weighted by atomic mass is 10.2. The molecule has 1 aromatic carbocycles. The number of carbonyl (C=O) groups is 1. The van der Waals surface area contributed by atoms with E-state index < -0.39 is 0 Å². The third kappa shape index (κ3) is 2.15. The molecule has 1 aromatic heterocycles. The molecule has 0 aliphatic rings. The third-order valence-electron chi connectivity index (χ3n) is 2.04. The first-order valence-corrected chi connectivity index (χ1v) is 5.28. The molecule has 1 heterocycles. The summed E-state index contributed by atoms with van der Waals surface area (Å²) in [6, 6.07) is 7.82. The number of aromatic amines is 1. The van der Waals surface area contributed by atoms with Crippen molar-refractivity contribution in [3.05, 3.63) is 40.8 Å². The maximum absolute atomic E-state index is 11.1. The Labute approximate surface area is 95.7 Å². The highest BCUT2D eigenvalue weighted by Crippen LogP contribution is 2.21. The van der Waals surface area contributed by atoms with Gasteiger partial charge in [0.2, 0.25) is 0 Å². The number of hydrogen-bond donors (Lipinski definition) is 1. The van der Waals surface area contributed by atoms with E-state index in [4.69, 9.17) is 0 Å². The van der Waals surface area contributed by atoms with E-state index in [-0.39, 0.29) is 5.78 Å². The van der Waals surface area contributed by atoms with E-state index in [1.165, 1.54) is 6.92 Å². The van der Waals surface area contributed by atoms with E-state index >= 15 is 0 Å². The Kier molecular flexibility index (Phi) is 2.68. The molecule has 0 saturated heterocycles. The van der Waals surface area contributed by atoms with Crippen molar-refractivity contribution in [2.45, 2.75) is 6.92 Å². The molecule has 0 unspecified atom stereocenters. The van der Waals surface area contributed by atoms with Crippen LogP contribution in [0.1, 0.15) is 17.5 Å². The molecular formula is C11H9BrN2O. The van der Waals surface area contributed by atoms with Gasteiger partial charge in [-0.3, -0.25) is 4.79 Å². The van der Waals surface area contributed by atoms with Crippen LogP contribution in [0.4, 0.5) is 0 Å². The van der Waals surface area contributed by atoms with Crippen LogP contribution in [0.2, 0.25) is 0 Å². The van der Waals surface area contributed by atoms with Crippen LogP contribution in [-0.2, 0) is 0 Å². The van der Waals surface area contributed by atoms with E-state index in [0.717, 1.165) is 15.7 Å². The number of carbonyl (C=O) groups excluding carboxylic acids is 1. The molecule has 15 heavy (non-hydrogen) atoms. The predicted molar refractivity (Wildman–Crippen MR) is 61.7 cm³/mol. The molecular weight excluding hydrogens is 256 g/mol. The van der Waals surface area contributed by atoms with E-state index in [1.807, 2.05) is 24.3 Å². The summed E-state index contributed by atoms with van der Waals surface area (Å²) in [5.41, 5.74) is 1.85. The zero-order valence-electron chi connectivity index (χ0n) is 8.12. The van der Waals surface area contributed by atoms with Crippen LogP contribution in [0.15, 0.2) is 34.9 Å². The predicted octanol–water partition coefficient (Wildman–Crippen LogP) is 3.04. The van der Waals surface area contributed by atoms with Gasteiger partial charge in [0, 0.05) is 17.0 Å². The summed E-state index contributed by atoms with van der Waals surface area (Å²) in [6.45, 7) is 1.49. The number of nitrogens with zero attached hydrogens (tertiary/aromatic N) is 1. The lowest BCUT2D eigenvalue weighted by Gasteiger charge is -1.97. The van der Waals surface area contributed by atoms with Gasteiger partial charge in [0.15, 0.2) is 11.6 Å². The van der Waals surface area contributed by atoms with Gasteiger partial charge < -0.3 is 4.98 Å². The molecule has 0 aliphatic heterocycles. The number of nitrogens with one attached hydrogen (secondary N) is 1. The molecule has 0 saturated carbocycles. The molecule has 0 atom stereocenters. The van der Waals surface area contributed by atoms with Crippen LogP contribution >= 0.6 is 15.9 Å². The van der Waals surface area contributed by atoms with Crippen molar-refractivity contribution in [1.29, 1.82) is 0 Å². The van der Waals surface area contributed by atoms with Crippen molar-refractivity contribution in [2.24, 2.45) is 0 Å². The Morgan fingerprint density at radius 2 is 2.27 bits per heavy atom. The molecule has 76 valence electrons. The van der Waals surface area contributed by atoms with E-state index in [0.29, 0.717) is 5.82 Å². The van der Waals surface area contributed by atoms with Crippen molar-refractivity contribution in [3.8, 4) is 11.3 Å². The van der Waals surface area contributed by atoms with Gasteiger partial charge in [-0.15, -0.1) is 0 Å². The average Bonchev–Trinajstić information content (AvgIpc) is 2.66. The van der Waals surface area contributed by atoms with E-state index in [9.17, 15) is 4.79 Å². The van der Waals surface area contributed by atoms with E-state index in [2.05, 4.69) is 25.9 Å². The third-order valence-corrected chi connectivity index (χ3v) is 2.54. The zero-order valence-corrected chi connectivity index (χ0v) is 9.71. The van der Waals surface area contributed by atoms with Gasteiger partial charge in [-0.05, 0) is 12.1 Å². The highest BCUT2D eigenvalue weighted by atomic mass is 79.9. The number of benzene rings is 1. The SMILES string of the molecule is CC(=O)c1ncc(-c2cccc(Br)c2)[nH]1. The molecule has 0 spiro atoms. The summed E-state index contributed by atoms with van der Waals surface area (Å²) < 4.78 is 0.999. The Morgan fingerprint density at radius 1 is 1.47 bits per heavy atom. The number of hydrogen-bond acceptors (Lipinski definition) is 2. The monoisotopic (exact) mass is 264 g/mol. The molecule has 0 bridgehead atoms. The summed E-state index contributed by atoms with van der Waals surface area (Å²) in [6.07, 6.45) is 1.67. The van der Waals surface area contributed by atoms with E-state index in [1.54, 1.807) is 6.20 Å². The molecule has 0 amide bonds. The Morgan fingerprint density at radius 3 is 2.87 bits per heavy atom. The van der Waals surface area contributed by atoms with Crippen molar-refractivity contribution in [3.63, 3.8) is 0 Å². The topological polar surface area (TPSA) is 45.8 Å². The number of ketones is 1. The number of imidazole rings is 1. The maximum atomic E-state index is 11.1. The first kappa shape index (κ1) is 10.1. The Bertz CT molecular complexity index is 505. The second-order valence-corrected chi connectivity index (χ2v) is 4.13. The number of halogens is 1. The first-order valence-electron chi connectivity index (χ1n) is 4.48. The van der Waals surface area contributed by atoms with Crippen molar-refractivity contribution in [2.75, 3.05) is 0 Å². The number of aromatic nitrogens is 2. The zero-order chi connectivity index (χ0) is 10.8. The van der Waals surface area contributed by atoms with Crippen molar-refractivity contribution in [1.82, 2.24) is 9.97 Å². The number of H-pyrrole nitrogens is 1. The minimum absolute atomic E-state index is 0.0590. The fourth-order valence-corrected chi connectivity index (χ4v) is 1.70. The van der Waals surface area contributed by atoms with Gasteiger partial charge in [0.05, 0.1) is 11.9 Å². The van der Waals surface area contributed by atoms with Crippen LogP contribution in [0.5, 0.6) is 0 Å². The van der Waals surface area contributed by atoms with Crippen LogP contribution in [0.3, 0.4) is 0 Å². The van der Waals surface area contributed by atoms with Crippen LogP contribution in [-0.4, -0.2) is 15.8 Å². The quantitative estimate of drug-likeness (QED) is 0.848. The molecule has 0 radical (unpaired) electrons. The van der Waals surface area contributed by atoms with Crippen LogP contribution < -0.4 is 0 Å². The molecule has 0 fully saturated rings. The highest BCUT2D eigenvalue weighted by Gasteiger charge is 2.06. The molecule has 3 nitrogen and oxygen atoms in total. The van der Waals surface area contributed by atoms with Gasteiger partial charge in [-0.2, -0.15) is 0 Å². The maximum Gasteiger partial charge on any atom is 0.194 e. The van der Waals surface area contributed by atoms with Crippen LogP contribution in [0, 0.1) is 0 Å². The van der Waals surface area contributed by atoms with Crippen molar-refractivity contribution >= 4 is 21.7 Å². The standard InChI is InChI=1S/C11H9BrN2O/c1-7(15)11-13-6-10(14-11)8-3-2-4-9(12)5-8/h2-6H,1H3,(H,13,14). The Hall–Kier alpha value is -1.42. The lowest BCUT2D eigenvalue weighted by molar-refractivity contribution is 0.100.